The molecule has 0 aliphatic carbocycles. The quantitative estimate of drug-likeness (QED) is 0.664. The monoisotopic (exact) mass is 413 g/mol. The molecule has 6 nitrogen and oxygen atoms in total. The number of ether oxygens (including phenoxy) is 1. The molecular weight excluding hydrogens is 386 g/mol. The Morgan fingerprint density at radius 2 is 2.03 bits per heavy atom. The SMILES string of the molecule is CCC(=O)N(CCOC)CC(=O)N1N=C(c2cccs2)C[C@@H]1c1ccc(C)cc1. The Kier molecular flexibility index (Phi) is 7.17. The number of rotatable bonds is 8. The number of hydrogen-bond acceptors (Lipinski definition) is 5. The van der Waals surface area contributed by atoms with Crippen LogP contribution in [-0.4, -0.2) is 54.2 Å². The van der Waals surface area contributed by atoms with Crippen LogP contribution < -0.4 is 0 Å². The van der Waals surface area contributed by atoms with Crippen LogP contribution in [0, 0.1) is 6.92 Å². The second-order valence-electron chi connectivity index (χ2n) is 7.05. The Labute approximate surface area is 175 Å². The van der Waals surface area contributed by atoms with Crippen molar-refractivity contribution in [3.05, 3.63) is 57.8 Å². The molecule has 1 aromatic heterocycles. The minimum absolute atomic E-state index is 0.000382. The lowest BCUT2D eigenvalue weighted by molar-refractivity contribution is -0.141. The highest BCUT2D eigenvalue weighted by Gasteiger charge is 2.34. The van der Waals surface area contributed by atoms with E-state index >= 15 is 0 Å². The Morgan fingerprint density at radius 3 is 2.66 bits per heavy atom. The molecule has 0 radical (unpaired) electrons. The molecule has 0 saturated carbocycles. The van der Waals surface area contributed by atoms with E-state index in [2.05, 4.69) is 5.10 Å². The van der Waals surface area contributed by atoms with E-state index in [4.69, 9.17) is 4.74 Å². The molecule has 2 amide bonds. The first-order chi connectivity index (χ1) is 14.0. The van der Waals surface area contributed by atoms with Gasteiger partial charge in [-0.3, -0.25) is 9.59 Å². The summed E-state index contributed by atoms with van der Waals surface area (Å²) in [5.41, 5.74) is 3.12. The van der Waals surface area contributed by atoms with E-state index in [0.29, 0.717) is 26.0 Å². The molecule has 2 heterocycles. The van der Waals surface area contributed by atoms with E-state index in [1.54, 1.807) is 35.3 Å². The number of nitrogens with zero attached hydrogens (tertiary/aromatic N) is 3. The van der Waals surface area contributed by atoms with Crippen LogP contribution in [0.4, 0.5) is 0 Å². The first kappa shape index (κ1) is 21.2. The van der Waals surface area contributed by atoms with Crippen LogP contribution in [0.3, 0.4) is 0 Å². The van der Waals surface area contributed by atoms with Crippen molar-refractivity contribution in [3.63, 3.8) is 0 Å². The van der Waals surface area contributed by atoms with Gasteiger partial charge in [0.05, 0.1) is 23.2 Å². The van der Waals surface area contributed by atoms with Crippen LogP contribution in [0.5, 0.6) is 0 Å². The number of amides is 2. The van der Waals surface area contributed by atoms with E-state index in [0.717, 1.165) is 16.2 Å². The topological polar surface area (TPSA) is 62.2 Å². The van der Waals surface area contributed by atoms with Gasteiger partial charge < -0.3 is 9.64 Å². The van der Waals surface area contributed by atoms with Gasteiger partial charge in [-0.2, -0.15) is 5.10 Å². The summed E-state index contributed by atoms with van der Waals surface area (Å²) in [5, 5.41) is 8.24. The molecule has 29 heavy (non-hydrogen) atoms. The van der Waals surface area contributed by atoms with Crippen LogP contribution in [0.15, 0.2) is 46.9 Å². The van der Waals surface area contributed by atoms with E-state index in [-0.39, 0.29) is 24.4 Å². The molecule has 1 aliphatic rings. The third kappa shape index (κ3) is 5.10. The summed E-state index contributed by atoms with van der Waals surface area (Å²) in [7, 11) is 1.59. The number of carbonyl (C=O) groups is 2. The molecule has 0 unspecified atom stereocenters. The highest BCUT2D eigenvalue weighted by Crippen LogP contribution is 2.34. The maximum absolute atomic E-state index is 13.2. The minimum atomic E-state index is -0.181. The van der Waals surface area contributed by atoms with Crippen LogP contribution in [0.25, 0.3) is 0 Å². The number of benzene rings is 1. The van der Waals surface area contributed by atoms with E-state index < -0.39 is 0 Å². The molecular formula is C22H27N3O3S. The van der Waals surface area contributed by atoms with Crippen LogP contribution in [0.1, 0.15) is 41.8 Å². The maximum atomic E-state index is 13.2. The largest absolute Gasteiger partial charge is 0.383 e. The van der Waals surface area contributed by atoms with Gasteiger partial charge in [0.2, 0.25) is 5.91 Å². The van der Waals surface area contributed by atoms with Gasteiger partial charge in [0.1, 0.15) is 6.54 Å². The predicted molar refractivity (Wildman–Crippen MR) is 115 cm³/mol. The van der Waals surface area contributed by atoms with Crippen LogP contribution in [0.2, 0.25) is 0 Å². The second kappa shape index (κ2) is 9.80. The zero-order valence-corrected chi connectivity index (χ0v) is 17.9. The summed E-state index contributed by atoms with van der Waals surface area (Å²) < 4.78 is 5.10. The standard InChI is InChI=1S/C22H27N3O3S/c1-4-21(26)24(11-12-28-3)15-22(27)25-19(17-9-7-16(2)8-10-17)14-18(23-25)20-6-5-13-29-20/h5-10,13,19H,4,11-12,14-15H2,1-3H3/t19-/m1/s1. The second-order valence-corrected chi connectivity index (χ2v) is 8.00. The van der Waals surface area contributed by atoms with Crippen molar-refractivity contribution >= 4 is 28.9 Å². The van der Waals surface area contributed by atoms with Gasteiger partial charge in [0, 0.05) is 26.5 Å². The highest BCUT2D eigenvalue weighted by atomic mass is 32.1. The third-order valence-corrected chi connectivity index (χ3v) is 5.90. The summed E-state index contributed by atoms with van der Waals surface area (Å²) in [4.78, 5) is 28.1. The molecule has 1 aromatic carbocycles. The van der Waals surface area contributed by atoms with E-state index in [1.807, 2.05) is 48.7 Å². The maximum Gasteiger partial charge on any atom is 0.262 e. The summed E-state index contributed by atoms with van der Waals surface area (Å²) in [6.45, 7) is 4.62. The molecule has 7 heteroatoms. The average Bonchev–Trinajstić information content (AvgIpc) is 3.40. The average molecular weight is 414 g/mol. The van der Waals surface area contributed by atoms with Gasteiger partial charge >= 0.3 is 0 Å². The smallest absolute Gasteiger partial charge is 0.262 e. The van der Waals surface area contributed by atoms with Gasteiger partial charge in [0.25, 0.3) is 5.91 Å². The van der Waals surface area contributed by atoms with Gasteiger partial charge in [-0.05, 0) is 23.9 Å². The molecule has 0 fully saturated rings. The normalized spacial score (nSPS) is 16.0. The highest BCUT2D eigenvalue weighted by molar-refractivity contribution is 7.12. The Balaban J connectivity index is 1.85. The molecule has 0 N–H and O–H groups in total. The van der Waals surface area contributed by atoms with Gasteiger partial charge in [-0.15, -0.1) is 11.3 Å². The van der Waals surface area contributed by atoms with Crippen LogP contribution in [-0.2, 0) is 14.3 Å². The molecule has 1 atom stereocenters. The lowest BCUT2D eigenvalue weighted by Gasteiger charge is -2.26. The van der Waals surface area contributed by atoms with Crippen molar-refractivity contribution in [3.8, 4) is 0 Å². The molecule has 0 bridgehead atoms. The summed E-state index contributed by atoms with van der Waals surface area (Å²) in [6.07, 6.45) is 1.01. The number of thiophene rings is 1. The lowest BCUT2D eigenvalue weighted by Crippen LogP contribution is -2.42. The minimum Gasteiger partial charge on any atom is -0.383 e. The molecule has 0 saturated heterocycles. The molecule has 0 spiro atoms. The fourth-order valence-electron chi connectivity index (χ4n) is 3.33. The number of carbonyl (C=O) groups excluding carboxylic acids is 2. The molecule has 154 valence electrons. The third-order valence-electron chi connectivity index (χ3n) is 4.98. The summed E-state index contributed by atoms with van der Waals surface area (Å²) >= 11 is 1.62. The zero-order valence-electron chi connectivity index (χ0n) is 17.1. The van der Waals surface area contributed by atoms with Crippen molar-refractivity contribution in [1.29, 1.82) is 0 Å². The fraction of sp³-hybridized carbons (Fsp3) is 0.409. The lowest BCUT2D eigenvalue weighted by atomic mass is 10.00. The van der Waals surface area contributed by atoms with Crippen molar-refractivity contribution in [2.45, 2.75) is 32.7 Å². The zero-order chi connectivity index (χ0) is 20.8. The van der Waals surface area contributed by atoms with Crippen LogP contribution >= 0.6 is 11.3 Å². The Bertz CT molecular complexity index is 862. The van der Waals surface area contributed by atoms with Crippen molar-refractivity contribution in [1.82, 2.24) is 9.91 Å². The van der Waals surface area contributed by atoms with Gasteiger partial charge in [0.15, 0.2) is 0 Å². The summed E-state index contributed by atoms with van der Waals surface area (Å²) in [5.74, 6) is -0.246. The van der Waals surface area contributed by atoms with Gasteiger partial charge in [-0.1, -0.05) is 42.8 Å². The predicted octanol–water partition coefficient (Wildman–Crippen LogP) is 3.62. The van der Waals surface area contributed by atoms with Gasteiger partial charge in [-0.25, -0.2) is 5.01 Å². The first-order valence-electron chi connectivity index (χ1n) is 9.80. The Morgan fingerprint density at radius 1 is 1.28 bits per heavy atom. The molecule has 2 aromatic rings. The van der Waals surface area contributed by atoms with E-state index in [1.165, 1.54) is 5.56 Å². The number of aryl methyl sites for hydroxylation is 1. The van der Waals surface area contributed by atoms with Crippen molar-refractivity contribution in [2.75, 3.05) is 26.8 Å². The fourth-order valence-corrected chi connectivity index (χ4v) is 4.05. The Hall–Kier alpha value is -2.51. The molecule has 1 aliphatic heterocycles. The van der Waals surface area contributed by atoms with Crippen molar-refractivity contribution < 1.29 is 14.3 Å². The first-order valence-corrected chi connectivity index (χ1v) is 10.7. The van der Waals surface area contributed by atoms with Crippen molar-refractivity contribution in [2.24, 2.45) is 5.10 Å². The number of methoxy groups -OCH3 is 1. The summed E-state index contributed by atoms with van der Waals surface area (Å²) in [6, 6.07) is 12.0. The number of hydrogen-bond donors (Lipinski definition) is 0. The number of hydrazone groups is 1. The molecule has 3 rings (SSSR count). The van der Waals surface area contributed by atoms with E-state index in [9.17, 15) is 9.59 Å².